The van der Waals surface area contributed by atoms with E-state index in [9.17, 15) is 0 Å². The van der Waals surface area contributed by atoms with Gasteiger partial charge in [-0.2, -0.15) is 0 Å². The van der Waals surface area contributed by atoms with Gasteiger partial charge in [-0.15, -0.1) is 5.10 Å². The number of rotatable bonds is 1. The summed E-state index contributed by atoms with van der Waals surface area (Å²) in [6.45, 7) is 1.80. The van der Waals surface area contributed by atoms with Gasteiger partial charge in [0, 0.05) is 12.3 Å². The highest BCUT2D eigenvalue weighted by Crippen LogP contribution is 2.17. The fraction of sp³-hybridized carbons (Fsp3) is 0.125. The van der Waals surface area contributed by atoms with Gasteiger partial charge in [0.1, 0.15) is 10.8 Å². The fourth-order valence-corrected chi connectivity index (χ4v) is 1.19. The fourth-order valence-electron chi connectivity index (χ4n) is 1.05. The van der Waals surface area contributed by atoms with E-state index in [1.807, 2.05) is 0 Å². The maximum atomic E-state index is 5.77. The minimum atomic E-state index is 0.294. The normalized spacial score (nSPS) is 10.4. The van der Waals surface area contributed by atoms with Crippen molar-refractivity contribution in [3.63, 3.8) is 0 Å². The number of aryl methyl sites for hydroxylation is 1. The van der Waals surface area contributed by atoms with Crippen molar-refractivity contribution < 1.29 is 0 Å². The van der Waals surface area contributed by atoms with Crippen molar-refractivity contribution in [1.29, 1.82) is 0 Å². The van der Waals surface area contributed by atoms with Crippen LogP contribution in [0.2, 0.25) is 5.02 Å². The summed E-state index contributed by atoms with van der Waals surface area (Å²) in [6, 6.07) is 1.73. The van der Waals surface area contributed by atoms with Crippen molar-refractivity contribution >= 4 is 17.4 Å². The Morgan fingerprint density at radius 1 is 1.50 bits per heavy atom. The SMILES string of the molecule is Cc1nccc(-n2cc(Cl)c(N)n2)n1. The van der Waals surface area contributed by atoms with Gasteiger partial charge >= 0.3 is 0 Å². The number of nitrogens with zero attached hydrogens (tertiary/aromatic N) is 4. The van der Waals surface area contributed by atoms with Crippen LogP contribution in [0.5, 0.6) is 0 Å². The van der Waals surface area contributed by atoms with Gasteiger partial charge in [0.05, 0.1) is 6.20 Å². The smallest absolute Gasteiger partial charge is 0.164 e. The lowest BCUT2D eigenvalue weighted by atomic mass is 10.5. The summed E-state index contributed by atoms with van der Waals surface area (Å²) in [7, 11) is 0. The standard InChI is InChI=1S/C8H8ClN5/c1-5-11-3-2-7(12-5)14-4-6(9)8(10)13-14/h2-4H,1H3,(H2,10,13). The zero-order valence-electron chi connectivity index (χ0n) is 7.48. The number of halogens is 1. The lowest BCUT2D eigenvalue weighted by Gasteiger charge is -1.99. The molecule has 14 heavy (non-hydrogen) atoms. The van der Waals surface area contributed by atoms with Crippen LogP contribution < -0.4 is 5.73 Å². The lowest BCUT2D eigenvalue weighted by Crippen LogP contribution is -2.01. The number of hydrogen-bond acceptors (Lipinski definition) is 4. The van der Waals surface area contributed by atoms with Gasteiger partial charge in [0.15, 0.2) is 11.6 Å². The Hall–Kier alpha value is -1.62. The third-order valence-electron chi connectivity index (χ3n) is 1.69. The minimum Gasteiger partial charge on any atom is -0.381 e. The molecule has 0 aliphatic heterocycles. The topological polar surface area (TPSA) is 69.6 Å². The van der Waals surface area contributed by atoms with Gasteiger partial charge in [-0.1, -0.05) is 11.6 Å². The first-order valence-corrected chi connectivity index (χ1v) is 4.35. The summed E-state index contributed by atoms with van der Waals surface area (Å²) >= 11 is 5.77. The Balaban J connectivity index is 2.49. The highest BCUT2D eigenvalue weighted by Gasteiger charge is 2.05. The molecule has 0 fully saturated rings. The van der Waals surface area contributed by atoms with Crippen LogP contribution in [0, 0.1) is 6.92 Å². The Kier molecular flexibility index (Phi) is 2.09. The Bertz CT molecular complexity index is 445. The Morgan fingerprint density at radius 2 is 2.29 bits per heavy atom. The van der Waals surface area contributed by atoms with E-state index in [4.69, 9.17) is 17.3 Å². The van der Waals surface area contributed by atoms with E-state index in [0.717, 1.165) is 0 Å². The predicted octanol–water partition coefficient (Wildman–Crippen LogP) is 1.21. The molecular formula is C8H8ClN5. The molecule has 0 saturated carbocycles. The molecule has 0 aromatic carbocycles. The van der Waals surface area contributed by atoms with Crippen LogP contribution in [0.15, 0.2) is 18.5 Å². The average Bonchev–Trinajstić information content (AvgIpc) is 2.47. The van der Waals surface area contributed by atoms with Crippen LogP contribution >= 0.6 is 11.6 Å². The van der Waals surface area contributed by atoms with E-state index in [0.29, 0.717) is 22.5 Å². The van der Waals surface area contributed by atoms with Crippen LogP contribution in [-0.2, 0) is 0 Å². The molecule has 0 saturated heterocycles. The summed E-state index contributed by atoms with van der Waals surface area (Å²) in [5.74, 6) is 1.62. The van der Waals surface area contributed by atoms with E-state index in [2.05, 4.69) is 15.1 Å². The average molecular weight is 210 g/mol. The molecule has 0 spiro atoms. The van der Waals surface area contributed by atoms with Crippen molar-refractivity contribution in [2.45, 2.75) is 6.92 Å². The molecule has 0 aliphatic rings. The maximum absolute atomic E-state index is 5.77. The van der Waals surface area contributed by atoms with Crippen LogP contribution in [0.1, 0.15) is 5.82 Å². The van der Waals surface area contributed by atoms with Crippen molar-refractivity contribution in [2.75, 3.05) is 5.73 Å². The number of anilines is 1. The van der Waals surface area contributed by atoms with Crippen molar-refractivity contribution in [3.8, 4) is 5.82 Å². The molecule has 0 unspecified atom stereocenters. The zero-order chi connectivity index (χ0) is 10.1. The summed E-state index contributed by atoms with van der Waals surface area (Å²) in [4.78, 5) is 8.15. The molecule has 0 amide bonds. The third kappa shape index (κ3) is 1.54. The van der Waals surface area contributed by atoms with Crippen LogP contribution in [0.3, 0.4) is 0 Å². The largest absolute Gasteiger partial charge is 0.381 e. The highest BCUT2D eigenvalue weighted by molar-refractivity contribution is 6.32. The van der Waals surface area contributed by atoms with Gasteiger partial charge in [0.25, 0.3) is 0 Å². The molecule has 0 atom stereocenters. The molecule has 6 heteroatoms. The van der Waals surface area contributed by atoms with E-state index in [1.165, 1.54) is 4.68 Å². The Morgan fingerprint density at radius 3 is 2.86 bits per heavy atom. The first-order chi connectivity index (χ1) is 6.66. The summed E-state index contributed by atoms with van der Waals surface area (Å²) in [5.41, 5.74) is 5.51. The van der Waals surface area contributed by atoms with Crippen molar-refractivity contribution in [3.05, 3.63) is 29.3 Å². The summed E-state index contributed by atoms with van der Waals surface area (Å²) in [5, 5.41) is 4.41. The molecular weight excluding hydrogens is 202 g/mol. The predicted molar refractivity (Wildman–Crippen MR) is 53.3 cm³/mol. The van der Waals surface area contributed by atoms with Gasteiger partial charge in [0.2, 0.25) is 0 Å². The lowest BCUT2D eigenvalue weighted by molar-refractivity contribution is 0.832. The molecule has 2 rings (SSSR count). The molecule has 2 N–H and O–H groups in total. The zero-order valence-corrected chi connectivity index (χ0v) is 8.23. The molecule has 2 aromatic rings. The van der Waals surface area contributed by atoms with Gasteiger partial charge < -0.3 is 5.73 Å². The molecule has 2 aromatic heterocycles. The Labute approximate surface area is 85.5 Å². The molecule has 72 valence electrons. The molecule has 0 bridgehead atoms. The van der Waals surface area contributed by atoms with E-state index in [-0.39, 0.29) is 0 Å². The summed E-state index contributed by atoms with van der Waals surface area (Å²) < 4.78 is 1.52. The van der Waals surface area contributed by atoms with Crippen molar-refractivity contribution in [1.82, 2.24) is 19.7 Å². The van der Waals surface area contributed by atoms with E-state index < -0.39 is 0 Å². The number of nitrogens with two attached hydrogens (primary N) is 1. The number of aromatic nitrogens is 4. The van der Waals surface area contributed by atoms with Crippen LogP contribution in [-0.4, -0.2) is 19.7 Å². The monoisotopic (exact) mass is 209 g/mol. The van der Waals surface area contributed by atoms with Crippen LogP contribution in [0.4, 0.5) is 5.82 Å². The van der Waals surface area contributed by atoms with E-state index >= 15 is 0 Å². The second-order valence-corrected chi connectivity index (χ2v) is 3.18. The molecule has 0 radical (unpaired) electrons. The number of hydrogen-bond donors (Lipinski definition) is 1. The molecule has 2 heterocycles. The quantitative estimate of drug-likeness (QED) is 0.767. The molecule has 0 aliphatic carbocycles. The first kappa shape index (κ1) is 8.96. The first-order valence-electron chi connectivity index (χ1n) is 3.97. The van der Waals surface area contributed by atoms with E-state index in [1.54, 1.807) is 25.4 Å². The second kappa shape index (κ2) is 3.26. The van der Waals surface area contributed by atoms with Gasteiger partial charge in [-0.25, -0.2) is 14.6 Å². The summed E-state index contributed by atoms with van der Waals surface area (Å²) in [6.07, 6.45) is 3.27. The van der Waals surface area contributed by atoms with Gasteiger partial charge in [-0.3, -0.25) is 0 Å². The van der Waals surface area contributed by atoms with Gasteiger partial charge in [-0.05, 0) is 6.92 Å². The second-order valence-electron chi connectivity index (χ2n) is 2.77. The van der Waals surface area contributed by atoms with Crippen molar-refractivity contribution in [2.24, 2.45) is 0 Å². The molecule has 5 nitrogen and oxygen atoms in total. The minimum absolute atomic E-state index is 0.294. The maximum Gasteiger partial charge on any atom is 0.164 e. The number of nitrogen functional groups attached to an aromatic ring is 1. The highest BCUT2D eigenvalue weighted by atomic mass is 35.5. The van der Waals surface area contributed by atoms with Crippen LogP contribution in [0.25, 0.3) is 5.82 Å². The third-order valence-corrected chi connectivity index (χ3v) is 1.98.